The number of halogens is 1. The molecule has 0 saturated carbocycles. The first kappa shape index (κ1) is 24.1. The number of piperidine rings is 1. The van der Waals surface area contributed by atoms with Crippen LogP contribution >= 0.6 is 0 Å². The van der Waals surface area contributed by atoms with E-state index in [-0.39, 0.29) is 30.4 Å². The number of carbonyl (C=O) groups excluding carboxylic acids is 3. The first-order chi connectivity index (χ1) is 17.5. The zero-order chi connectivity index (χ0) is 25.1. The number of amides is 3. The van der Waals surface area contributed by atoms with Gasteiger partial charge in [0.05, 0.1) is 13.2 Å². The summed E-state index contributed by atoms with van der Waals surface area (Å²) in [7, 11) is 0. The minimum Gasteiger partial charge on any atom is -0.454 e. The van der Waals surface area contributed by atoms with E-state index in [2.05, 4.69) is 5.32 Å². The highest BCUT2D eigenvalue weighted by Crippen LogP contribution is 2.32. The number of ether oxygens (including phenoxy) is 3. The average molecular weight is 498 g/mol. The Labute approximate surface area is 208 Å². The summed E-state index contributed by atoms with van der Waals surface area (Å²) in [5.74, 6) is -0.326. The maximum Gasteiger partial charge on any atom is 0.253 e. The Kier molecular flexibility index (Phi) is 7.04. The molecule has 2 aromatic rings. The Morgan fingerprint density at radius 2 is 1.64 bits per heavy atom. The zero-order valence-corrected chi connectivity index (χ0v) is 19.8. The predicted molar refractivity (Wildman–Crippen MR) is 126 cm³/mol. The summed E-state index contributed by atoms with van der Waals surface area (Å²) in [5, 5.41) is 2.95. The van der Waals surface area contributed by atoms with Crippen molar-refractivity contribution < 1.29 is 33.0 Å². The van der Waals surface area contributed by atoms with E-state index in [0.29, 0.717) is 74.9 Å². The normalized spacial score (nSPS) is 18.6. The van der Waals surface area contributed by atoms with Crippen LogP contribution in [-0.4, -0.2) is 79.7 Å². The van der Waals surface area contributed by atoms with Crippen LogP contribution in [0.25, 0.3) is 0 Å². The molecule has 2 aromatic carbocycles. The lowest BCUT2D eigenvalue weighted by Crippen LogP contribution is -2.56. The average Bonchev–Trinajstić information content (AvgIpc) is 3.39. The second kappa shape index (κ2) is 10.5. The van der Waals surface area contributed by atoms with Crippen LogP contribution in [0.3, 0.4) is 0 Å². The molecule has 36 heavy (non-hydrogen) atoms. The van der Waals surface area contributed by atoms with Crippen LogP contribution in [0.2, 0.25) is 0 Å². The third-order valence-electron chi connectivity index (χ3n) is 6.88. The highest BCUT2D eigenvalue weighted by molar-refractivity contribution is 5.98. The Bertz CT molecular complexity index is 1140. The van der Waals surface area contributed by atoms with Crippen molar-refractivity contribution in [2.45, 2.75) is 18.9 Å². The maximum atomic E-state index is 13.6. The fourth-order valence-electron chi connectivity index (χ4n) is 4.86. The van der Waals surface area contributed by atoms with Crippen LogP contribution in [0, 0.1) is 11.7 Å². The van der Waals surface area contributed by atoms with Crippen molar-refractivity contribution >= 4 is 17.7 Å². The quantitative estimate of drug-likeness (QED) is 0.680. The molecule has 5 rings (SSSR count). The SMILES string of the molecule is O=C(N[C@@H](C(=O)N1CCOCC1)C1CCN(C(=O)c2cccc(F)c2)CC1)c1ccc2c(c1)OCO2. The van der Waals surface area contributed by atoms with E-state index < -0.39 is 11.9 Å². The smallest absolute Gasteiger partial charge is 0.253 e. The van der Waals surface area contributed by atoms with Crippen LogP contribution in [0.4, 0.5) is 4.39 Å². The maximum absolute atomic E-state index is 13.6. The first-order valence-electron chi connectivity index (χ1n) is 12.1. The number of morpholine rings is 1. The molecule has 3 amide bonds. The van der Waals surface area contributed by atoms with Crippen molar-refractivity contribution in [1.82, 2.24) is 15.1 Å². The molecule has 0 aliphatic carbocycles. The van der Waals surface area contributed by atoms with Crippen LogP contribution in [0.1, 0.15) is 33.6 Å². The van der Waals surface area contributed by atoms with Gasteiger partial charge in [-0.1, -0.05) is 6.07 Å². The van der Waals surface area contributed by atoms with Crippen LogP contribution < -0.4 is 14.8 Å². The number of nitrogens with zero attached hydrogens (tertiary/aromatic N) is 2. The monoisotopic (exact) mass is 497 g/mol. The Morgan fingerprint density at radius 3 is 2.39 bits per heavy atom. The van der Waals surface area contributed by atoms with Crippen LogP contribution in [0.15, 0.2) is 42.5 Å². The molecule has 0 unspecified atom stereocenters. The predicted octanol–water partition coefficient (Wildman–Crippen LogP) is 2.06. The highest BCUT2D eigenvalue weighted by atomic mass is 19.1. The molecule has 190 valence electrons. The largest absolute Gasteiger partial charge is 0.454 e. The van der Waals surface area contributed by atoms with Gasteiger partial charge >= 0.3 is 0 Å². The second-order valence-corrected chi connectivity index (χ2v) is 9.10. The molecule has 3 heterocycles. The molecule has 3 aliphatic heterocycles. The minimum absolute atomic E-state index is 0.103. The fourth-order valence-corrected chi connectivity index (χ4v) is 4.86. The minimum atomic E-state index is -0.743. The number of nitrogens with one attached hydrogen (secondary N) is 1. The zero-order valence-electron chi connectivity index (χ0n) is 19.8. The lowest BCUT2D eigenvalue weighted by atomic mass is 9.87. The van der Waals surface area contributed by atoms with E-state index in [1.54, 1.807) is 34.1 Å². The van der Waals surface area contributed by atoms with E-state index in [4.69, 9.17) is 14.2 Å². The molecule has 2 saturated heterocycles. The molecule has 1 atom stereocenters. The topological polar surface area (TPSA) is 97.4 Å². The summed E-state index contributed by atoms with van der Waals surface area (Å²) >= 11 is 0. The third-order valence-corrected chi connectivity index (χ3v) is 6.88. The second-order valence-electron chi connectivity index (χ2n) is 9.10. The number of rotatable bonds is 5. The van der Waals surface area contributed by atoms with Crippen molar-refractivity contribution in [2.75, 3.05) is 46.2 Å². The lowest BCUT2D eigenvalue weighted by Gasteiger charge is -2.38. The Morgan fingerprint density at radius 1 is 0.889 bits per heavy atom. The summed E-state index contributed by atoms with van der Waals surface area (Å²) in [6, 6.07) is 9.80. The van der Waals surface area contributed by atoms with Gasteiger partial charge in [0.25, 0.3) is 11.8 Å². The van der Waals surface area contributed by atoms with Crippen LogP contribution in [-0.2, 0) is 9.53 Å². The molecule has 1 N–H and O–H groups in total. The van der Waals surface area contributed by atoms with Gasteiger partial charge in [0, 0.05) is 37.3 Å². The van der Waals surface area contributed by atoms with E-state index >= 15 is 0 Å². The molecule has 0 bridgehead atoms. The number of carbonyl (C=O) groups is 3. The van der Waals surface area contributed by atoms with E-state index in [9.17, 15) is 18.8 Å². The van der Waals surface area contributed by atoms with Gasteiger partial charge in [-0.3, -0.25) is 14.4 Å². The molecule has 0 radical (unpaired) electrons. The molecule has 9 nitrogen and oxygen atoms in total. The Balaban J connectivity index is 1.29. The van der Waals surface area contributed by atoms with Gasteiger partial charge in [-0.2, -0.15) is 0 Å². The lowest BCUT2D eigenvalue weighted by molar-refractivity contribution is -0.139. The summed E-state index contributed by atoms with van der Waals surface area (Å²) in [5.41, 5.74) is 0.670. The van der Waals surface area contributed by atoms with Gasteiger partial charge in [-0.25, -0.2) is 4.39 Å². The number of hydrogen-bond acceptors (Lipinski definition) is 6. The standard InChI is InChI=1S/C26H28FN3O6/c27-20-3-1-2-19(14-20)25(32)29-8-6-17(7-9-29)23(26(33)30-10-12-34-13-11-30)28-24(31)18-4-5-21-22(15-18)36-16-35-21/h1-5,14-15,17,23H,6-13,16H2,(H,28,31)/t23-/m1/s1. The number of hydrogen-bond donors (Lipinski definition) is 1. The number of fused-ring (bicyclic) bond motifs is 1. The van der Waals surface area contributed by atoms with Gasteiger partial charge in [-0.15, -0.1) is 0 Å². The highest BCUT2D eigenvalue weighted by Gasteiger charge is 2.37. The summed E-state index contributed by atoms with van der Waals surface area (Å²) < 4.78 is 29.7. The third kappa shape index (κ3) is 5.13. The van der Waals surface area contributed by atoms with Gasteiger partial charge in [-0.05, 0) is 55.2 Å². The molecule has 2 fully saturated rings. The molecule has 0 spiro atoms. The van der Waals surface area contributed by atoms with Crippen LogP contribution in [0.5, 0.6) is 11.5 Å². The summed E-state index contributed by atoms with van der Waals surface area (Å²) in [4.78, 5) is 42.9. The van der Waals surface area contributed by atoms with Crippen molar-refractivity contribution in [2.24, 2.45) is 5.92 Å². The fraction of sp³-hybridized carbons (Fsp3) is 0.423. The van der Waals surface area contributed by atoms with Gasteiger partial charge < -0.3 is 29.3 Å². The number of likely N-dealkylation sites (tertiary alicyclic amines) is 1. The van der Waals surface area contributed by atoms with Gasteiger partial charge in [0.15, 0.2) is 11.5 Å². The molecular formula is C26H28FN3O6. The van der Waals surface area contributed by atoms with Crippen molar-refractivity contribution in [3.8, 4) is 11.5 Å². The Hall–Kier alpha value is -3.66. The summed E-state index contributed by atoms with van der Waals surface area (Å²) in [6.07, 6.45) is 1.06. The number of benzene rings is 2. The molecular weight excluding hydrogens is 469 g/mol. The molecule has 3 aliphatic rings. The van der Waals surface area contributed by atoms with Gasteiger partial charge in [0.2, 0.25) is 12.7 Å². The van der Waals surface area contributed by atoms with Crippen molar-refractivity contribution in [3.05, 3.63) is 59.4 Å². The van der Waals surface area contributed by atoms with E-state index in [1.807, 2.05) is 0 Å². The van der Waals surface area contributed by atoms with Crippen molar-refractivity contribution in [3.63, 3.8) is 0 Å². The van der Waals surface area contributed by atoms with E-state index in [0.717, 1.165) is 0 Å². The van der Waals surface area contributed by atoms with E-state index in [1.165, 1.54) is 18.2 Å². The molecule has 0 aromatic heterocycles. The van der Waals surface area contributed by atoms with Gasteiger partial charge in [0.1, 0.15) is 11.9 Å². The first-order valence-corrected chi connectivity index (χ1v) is 12.1. The van der Waals surface area contributed by atoms with Crippen molar-refractivity contribution in [1.29, 1.82) is 0 Å². The summed E-state index contributed by atoms with van der Waals surface area (Å²) in [6.45, 7) is 2.76. The molecule has 10 heteroatoms.